The third-order valence-electron chi connectivity index (χ3n) is 2.13. The lowest BCUT2D eigenvalue weighted by molar-refractivity contribution is -0.140. The molecule has 17 heavy (non-hydrogen) atoms. The second-order valence-electron chi connectivity index (χ2n) is 3.41. The second-order valence-corrected chi connectivity index (χ2v) is 3.79. The third kappa shape index (κ3) is 3.70. The molecule has 1 nitrogen and oxygen atoms in total. The smallest absolute Gasteiger partial charge is 0.294 e. The van der Waals surface area contributed by atoms with Crippen molar-refractivity contribution < 1.29 is 22.4 Å². The van der Waals surface area contributed by atoms with Crippen molar-refractivity contribution in [1.82, 2.24) is 0 Å². The maximum absolute atomic E-state index is 12.9. The first-order valence-corrected chi connectivity index (χ1v) is 5.35. The molecular weight excluding hydrogens is 260 g/mol. The summed E-state index contributed by atoms with van der Waals surface area (Å²) in [5.74, 6) is -1.61. The van der Waals surface area contributed by atoms with Crippen LogP contribution in [0.3, 0.4) is 0 Å². The van der Waals surface area contributed by atoms with Crippen molar-refractivity contribution in [2.45, 2.75) is 19.0 Å². The van der Waals surface area contributed by atoms with E-state index < -0.39 is 23.3 Å². The Kier molecular flexibility index (Phi) is 4.51. The fraction of sp³-hybridized carbons (Fsp3) is 0.364. The standard InChI is InChI=1S/C11H9ClF4O/c12-5-1-2-10(17)7-3-4-9(13)8(6-7)11(14,15)16/h3-4,6H,1-2,5H2. The van der Waals surface area contributed by atoms with Crippen molar-refractivity contribution in [3.05, 3.63) is 35.1 Å². The monoisotopic (exact) mass is 268 g/mol. The maximum Gasteiger partial charge on any atom is 0.419 e. The summed E-state index contributed by atoms with van der Waals surface area (Å²) in [6.07, 6.45) is -4.38. The highest BCUT2D eigenvalue weighted by atomic mass is 35.5. The first-order valence-electron chi connectivity index (χ1n) is 4.82. The van der Waals surface area contributed by atoms with Gasteiger partial charge in [0, 0.05) is 17.9 Å². The van der Waals surface area contributed by atoms with Crippen molar-refractivity contribution in [1.29, 1.82) is 0 Å². The van der Waals surface area contributed by atoms with E-state index in [-0.39, 0.29) is 17.9 Å². The van der Waals surface area contributed by atoms with Crippen LogP contribution in [0.25, 0.3) is 0 Å². The van der Waals surface area contributed by atoms with Crippen molar-refractivity contribution in [2.75, 3.05) is 5.88 Å². The van der Waals surface area contributed by atoms with E-state index in [1.54, 1.807) is 0 Å². The Labute approximate surface area is 100 Å². The van der Waals surface area contributed by atoms with Crippen LogP contribution < -0.4 is 0 Å². The first-order chi connectivity index (χ1) is 7.86. The van der Waals surface area contributed by atoms with Gasteiger partial charge in [-0.05, 0) is 24.6 Å². The van der Waals surface area contributed by atoms with Crippen molar-refractivity contribution in [2.24, 2.45) is 0 Å². The SMILES string of the molecule is O=C(CCCCl)c1ccc(F)c(C(F)(F)F)c1. The van der Waals surface area contributed by atoms with Gasteiger partial charge in [-0.25, -0.2) is 4.39 Å². The van der Waals surface area contributed by atoms with Crippen LogP contribution in [0.4, 0.5) is 17.6 Å². The molecule has 0 unspecified atom stereocenters. The Balaban J connectivity index is 3.00. The number of hydrogen-bond donors (Lipinski definition) is 0. The first kappa shape index (κ1) is 14.0. The zero-order chi connectivity index (χ0) is 13.1. The fourth-order valence-corrected chi connectivity index (χ4v) is 1.42. The summed E-state index contributed by atoms with van der Waals surface area (Å²) < 4.78 is 50.0. The van der Waals surface area contributed by atoms with E-state index >= 15 is 0 Å². The van der Waals surface area contributed by atoms with E-state index in [2.05, 4.69) is 0 Å². The molecule has 94 valence electrons. The van der Waals surface area contributed by atoms with Gasteiger partial charge < -0.3 is 0 Å². The van der Waals surface area contributed by atoms with E-state index in [1.807, 2.05) is 0 Å². The highest BCUT2D eigenvalue weighted by Gasteiger charge is 2.34. The van der Waals surface area contributed by atoms with Gasteiger partial charge in [0.05, 0.1) is 5.56 Å². The highest BCUT2D eigenvalue weighted by Crippen LogP contribution is 2.32. The predicted molar refractivity (Wildman–Crippen MR) is 55.7 cm³/mol. The molecule has 1 aromatic carbocycles. The van der Waals surface area contributed by atoms with Gasteiger partial charge in [0.1, 0.15) is 5.82 Å². The fourth-order valence-electron chi connectivity index (χ4n) is 1.29. The molecule has 0 fully saturated rings. The lowest BCUT2D eigenvalue weighted by atomic mass is 10.0. The molecule has 0 aliphatic rings. The molecular formula is C11H9ClF4O. The summed E-state index contributed by atoms with van der Waals surface area (Å²) in [7, 11) is 0. The molecule has 0 atom stereocenters. The number of ketones is 1. The number of benzene rings is 1. The predicted octanol–water partition coefficient (Wildman–Crippen LogP) is 4.05. The van der Waals surface area contributed by atoms with Crippen molar-refractivity contribution in [3.63, 3.8) is 0 Å². The van der Waals surface area contributed by atoms with Gasteiger partial charge in [0.2, 0.25) is 0 Å². The van der Waals surface area contributed by atoms with Crippen LogP contribution in [-0.4, -0.2) is 11.7 Å². The molecule has 0 aromatic heterocycles. The summed E-state index contributed by atoms with van der Waals surface area (Å²) in [6, 6.07) is 2.23. The highest BCUT2D eigenvalue weighted by molar-refractivity contribution is 6.18. The molecule has 0 aliphatic carbocycles. The minimum absolute atomic E-state index is 0.0480. The lowest BCUT2D eigenvalue weighted by Crippen LogP contribution is -2.10. The molecule has 1 aromatic rings. The Hall–Kier alpha value is -1.10. The average Bonchev–Trinajstić information content (AvgIpc) is 2.25. The minimum Gasteiger partial charge on any atom is -0.294 e. The molecule has 0 N–H and O–H groups in total. The summed E-state index contributed by atoms with van der Waals surface area (Å²) in [5.41, 5.74) is -1.57. The van der Waals surface area contributed by atoms with Crippen molar-refractivity contribution >= 4 is 17.4 Å². The van der Waals surface area contributed by atoms with E-state index in [1.165, 1.54) is 0 Å². The third-order valence-corrected chi connectivity index (χ3v) is 2.40. The lowest BCUT2D eigenvalue weighted by Gasteiger charge is -2.09. The molecule has 6 heteroatoms. The molecule has 0 bridgehead atoms. The van der Waals surface area contributed by atoms with E-state index in [0.717, 1.165) is 6.07 Å². The van der Waals surface area contributed by atoms with Crippen LogP contribution in [0, 0.1) is 5.82 Å². The normalized spacial score (nSPS) is 11.6. The molecule has 0 saturated carbocycles. The number of halogens is 5. The van der Waals surface area contributed by atoms with E-state index in [4.69, 9.17) is 11.6 Å². The average molecular weight is 269 g/mol. The molecule has 1 rings (SSSR count). The van der Waals surface area contributed by atoms with Gasteiger partial charge in [-0.1, -0.05) is 0 Å². The van der Waals surface area contributed by atoms with Crippen LogP contribution in [-0.2, 0) is 6.18 Å². The van der Waals surface area contributed by atoms with Gasteiger partial charge in [-0.2, -0.15) is 13.2 Å². The topological polar surface area (TPSA) is 17.1 Å². The van der Waals surface area contributed by atoms with Crippen LogP contribution in [0.5, 0.6) is 0 Å². The second kappa shape index (κ2) is 5.49. The summed E-state index contributed by atoms with van der Waals surface area (Å²) in [4.78, 5) is 11.4. The molecule has 0 spiro atoms. The summed E-state index contributed by atoms with van der Waals surface area (Å²) in [6.45, 7) is 0. The summed E-state index contributed by atoms with van der Waals surface area (Å²) >= 11 is 5.37. The number of alkyl halides is 4. The molecule has 0 amide bonds. The zero-order valence-electron chi connectivity index (χ0n) is 8.65. The number of carbonyl (C=O) groups excluding carboxylic acids is 1. The van der Waals surface area contributed by atoms with Gasteiger partial charge in [-0.15, -0.1) is 11.6 Å². The van der Waals surface area contributed by atoms with E-state index in [0.29, 0.717) is 18.6 Å². The van der Waals surface area contributed by atoms with E-state index in [9.17, 15) is 22.4 Å². The molecule has 0 radical (unpaired) electrons. The molecule has 0 saturated heterocycles. The Morgan fingerprint density at radius 2 is 1.94 bits per heavy atom. The Morgan fingerprint density at radius 3 is 2.47 bits per heavy atom. The largest absolute Gasteiger partial charge is 0.419 e. The minimum atomic E-state index is -4.80. The number of carbonyl (C=O) groups is 1. The maximum atomic E-state index is 12.9. The number of hydrogen-bond acceptors (Lipinski definition) is 1. The number of rotatable bonds is 4. The Bertz CT molecular complexity index is 414. The van der Waals surface area contributed by atoms with Crippen LogP contribution in [0.2, 0.25) is 0 Å². The van der Waals surface area contributed by atoms with Crippen LogP contribution in [0.1, 0.15) is 28.8 Å². The van der Waals surface area contributed by atoms with Crippen LogP contribution >= 0.6 is 11.6 Å². The van der Waals surface area contributed by atoms with Crippen molar-refractivity contribution in [3.8, 4) is 0 Å². The Morgan fingerprint density at radius 1 is 1.29 bits per heavy atom. The molecule has 0 heterocycles. The molecule has 0 aliphatic heterocycles. The van der Waals surface area contributed by atoms with Crippen LogP contribution in [0.15, 0.2) is 18.2 Å². The van der Waals surface area contributed by atoms with Gasteiger partial charge in [-0.3, -0.25) is 4.79 Å². The zero-order valence-corrected chi connectivity index (χ0v) is 9.41. The van der Waals surface area contributed by atoms with Gasteiger partial charge >= 0.3 is 6.18 Å². The number of Topliss-reactive ketones (excluding diaryl/α,β-unsaturated/α-hetero) is 1. The van der Waals surface area contributed by atoms with Gasteiger partial charge in [0.25, 0.3) is 0 Å². The summed E-state index contributed by atoms with van der Waals surface area (Å²) in [5, 5.41) is 0. The quantitative estimate of drug-likeness (QED) is 0.457. The van der Waals surface area contributed by atoms with Gasteiger partial charge in [0.15, 0.2) is 5.78 Å².